The predicted molar refractivity (Wildman–Crippen MR) is 56.9 cm³/mol. The Morgan fingerprint density at radius 1 is 1.40 bits per heavy atom. The molecule has 4 heteroatoms. The number of Topliss-reactive ketones (excluding diaryl/α,β-unsaturated/α-hetero) is 1. The Bertz CT molecular complexity index is 350. The van der Waals surface area contributed by atoms with Gasteiger partial charge in [-0.2, -0.15) is 0 Å². The number of carbonyl (C=O) groups excluding carboxylic acids is 1. The Labute approximate surface area is 89.7 Å². The molecule has 0 aromatic carbocycles. The molecule has 1 aromatic rings. The number of aromatic nitrogens is 2. The zero-order chi connectivity index (χ0) is 11.3. The van der Waals surface area contributed by atoms with Crippen molar-refractivity contribution in [3.05, 3.63) is 17.6 Å². The molecule has 1 aromatic heterocycles. The van der Waals surface area contributed by atoms with Crippen molar-refractivity contribution in [1.82, 2.24) is 9.97 Å². The number of rotatable bonds is 5. The van der Waals surface area contributed by atoms with Crippen LogP contribution in [0, 0.1) is 6.92 Å². The predicted octanol–water partition coefficient (Wildman–Crippen LogP) is 1.71. The van der Waals surface area contributed by atoms with E-state index in [4.69, 9.17) is 4.74 Å². The summed E-state index contributed by atoms with van der Waals surface area (Å²) in [4.78, 5) is 19.4. The average molecular weight is 208 g/mol. The summed E-state index contributed by atoms with van der Waals surface area (Å²) in [5.41, 5.74) is 1.63. The monoisotopic (exact) mass is 208 g/mol. The minimum atomic E-state index is 0.180. The SMILES string of the molecule is CCOc1ncnc(CC(=O)CC)c1C. The van der Waals surface area contributed by atoms with E-state index < -0.39 is 0 Å². The molecule has 0 bridgehead atoms. The quantitative estimate of drug-likeness (QED) is 0.739. The van der Waals surface area contributed by atoms with Gasteiger partial charge >= 0.3 is 0 Å². The van der Waals surface area contributed by atoms with Crippen LogP contribution in [0.3, 0.4) is 0 Å². The summed E-state index contributed by atoms with van der Waals surface area (Å²) in [7, 11) is 0. The van der Waals surface area contributed by atoms with Gasteiger partial charge in [-0.15, -0.1) is 0 Å². The number of hydrogen-bond donors (Lipinski definition) is 0. The minimum Gasteiger partial charge on any atom is -0.478 e. The van der Waals surface area contributed by atoms with Gasteiger partial charge in [-0.05, 0) is 13.8 Å². The van der Waals surface area contributed by atoms with Gasteiger partial charge in [0.15, 0.2) is 0 Å². The molecule has 1 rings (SSSR count). The van der Waals surface area contributed by atoms with Gasteiger partial charge in [-0.1, -0.05) is 6.92 Å². The molecule has 82 valence electrons. The Morgan fingerprint density at radius 3 is 2.73 bits per heavy atom. The Hall–Kier alpha value is -1.45. The fourth-order valence-electron chi connectivity index (χ4n) is 1.24. The smallest absolute Gasteiger partial charge is 0.219 e. The zero-order valence-corrected chi connectivity index (χ0v) is 9.41. The lowest BCUT2D eigenvalue weighted by molar-refractivity contribution is -0.118. The molecule has 0 amide bonds. The van der Waals surface area contributed by atoms with Gasteiger partial charge in [-0.3, -0.25) is 4.79 Å². The first kappa shape index (κ1) is 11.6. The summed E-state index contributed by atoms with van der Waals surface area (Å²) in [5, 5.41) is 0. The van der Waals surface area contributed by atoms with Crippen LogP contribution in [0.4, 0.5) is 0 Å². The zero-order valence-electron chi connectivity index (χ0n) is 9.41. The molecule has 4 nitrogen and oxygen atoms in total. The van der Waals surface area contributed by atoms with Crippen molar-refractivity contribution in [3.8, 4) is 5.88 Å². The second kappa shape index (κ2) is 5.44. The van der Waals surface area contributed by atoms with Crippen molar-refractivity contribution < 1.29 is 9.53 Å². The molecule has 1 heterocycles. The molecular weight excluding hydrogens is 192 g/mol. The molecule has 0 aliphatic carbocycles. The van der Waals surface area contributed by atoms with Gasteiger partial charge in [0.25, 0.3) is 0 Å². The van der Waals surface area contributed by atoms with E-state index in [2.05, 4.69) is 9.97 Å². The van der Waals surface area contributed by atoms with Crippen molar-refractivity contribution in [2.45, 2.75) is 33.6 Å². The number of hydrogen-bond acceptors (Lipinski definition) is 4. The third kappa shape index (κ3) is 3.01. The molecule has 0 fully saturated rings. The fraction of sp³-hybridized carbons (Fsp3) is 0.545. The van der Waals surface area contributed by atoms with Gasteiger partial charge in [-0.25, -0.2) is 9.97 Å². The third-order valence-corrected chi connectivity index (χ3v) is 2.18. The van der Waals surface area contributed by atoms with Gasteiger partial charge in [0.05, 0.1) is 12.3 Å². The molecule has 0 atom stereocenters. The Kier molecular flexibility index (Phi) is 4.21. The summed E-state index contributed by atoms with van der Waals surface area (Å²) in [6, 6.07) is 0. The van der Waals surface area contributed by atoms with E-state index in [0.717, 1.165) is 11.3 Å². The van der Waals surface area contributed by atoms with Crippen molar-refractivity contribution in [3.63, 3.8) is 0 Å². The molecule has 0 radical (unpaired) electrons. The highest BCUT2D eigenvalue weighted by Gasteiger charge is 2.10. The van der Waals surface area contributed by atoms with Gasteiger partial charge in [0.2, 0.25) is 5.88 Å². The number of nitrogens with zero attached hydrogens (tertiary/aromatic N) is 2. The Morgan fingerprint density at radius 2 is 2.13 bits per heavy atom. The molecular formula is C11H16N2O2. The molecule has 0 N–H and O–H groups in total. The van der Waals surface area contributed by atoms with E-state index in [9.17, 15) is 4.79 Å². The van der Waals surface area contributed by atoms with Gasteiger partial charge in [0, 0.05) is 18.4 Å². The standard InChI is InChI=1S/C11H16N2O2/c1-4-9(14)6-10-8(3)11(15-5-2)13-7-12-10/h7H,4-6H2,1-3H3. The molecule has 0 spiro atoms. The fourth-order valence-corrected chi connectivity index (χ4v) is 1.24. The molecule has 0 unspecified atom stereocenters. The largest absolute Gasteiger partial charge is 0.478 e. The van der Waals surface area contributed by atoms with Crippen LogP contribution in [0.2, 0.25) is 0 Å². The second-order valence-corrected chi connectivity index (χ2v) is 3.25. The molecule has 15 heavy (non-hydrogen) atoms. The maximum absolute atomic E-state index is 11.3. The van der Waals surface area contributed by atoms with Crippen LogP contribution in [0.5, 0.6) is 5.88 Å². The van der Waals surface area contributed by atoms with Crippen LogP contribution in [0.25, 0.3) is 0 Å². The van der Waals surface area contributed by atoms with Crippen LogP contribution in [-0.4, -0.2) is 22.4 Å². The van der Waals surface area contributed by atoms with Crippen LogP contribution in [0.15, 0.2) is 6.33 Å². The lowest BCUT2D eigenvalue weighted by atomic mass is 10.1. The summed E-state index contributed by atoms with van der Waals surface area (Å²) in [6.45, 7) is 6.20. The van der Waals surface area contributed by atoms with Crippen LogP contribution in [-0.2, 0) is 11.2 Å². The highest BCUT2D eigenvalue weighted by Crippen LogP contribution is 2.16. The highest BCUT2D eigenvalue weighted by atomic mass is 16.5. The summed E-state index contributed by atoms with van der Waals surface area (Å²) < 4.78 is 5.33. The third-order valence-electron chi connectivity index (χ3n) is 2.18. The molecule has 0 aliphatic heterocycles. The molecule has 0 aliphatic rings. The number of carbonyl (C=O) groups is 1. The van der Waals surface area contributed by atoms with E-state index in [1.807, 2.05) is 20.8 Å². The van der Waals surface area contributed by atoms with Crippen molar-refractivity contribution >= 4 is 5.78 Å². The topological polar surface area (TPSA) is 52.1 Å². The maximum atomic E-state index is 11.3. The van der Waals surface area contributed by atoms with E-state index in [0.29, 0.717) is 25.3 Å². The molecule has 0 saturated heterocycles. The average Bonchev–Trinajstić information content (AvgIpc) is 2.24. The first-order valence-corrected chi connectivity index (χ1v) is 5.14. The minimum absolute atomic E-state index is 0.180. The second-order valence-electron chi connectivity index (χ2n) is 3.25. The first-order chi connectivity index (χ1) is 7.19. The van der Waals surface area contributed by atoms with E-state index in [-0.39, 0.29) is 5.78 Å². The van der Waals surface area contributed by atoms with E-state index >= 15 is 0 Å². The lowest BCUT2D eigenvalue weighted by Crippen LogP contribution is -2.07. The summed E-state index contributed by atoms with van der Waals surface area (Å²) in [6.07, 6.45) is 2.34. The molecule has 0 saturated carbocycles. The Balaban J connectivity index is 2.88. The van der Waals surface area contributed by atoms with E-state index in [1.165, 1.54) is 6.33 Å². The number of ketones is 1. The van der Waals surface area contributed by atoms with Crippen molar-refractivity contribution in [2.24, 2.45) is 0 Å². The van der Waals surface area contributed by atoms with Crippen LogP contribution < -0.4 is 4.74 Å². The van der Waals surface area contributed by atoms with Crippen molar-refractivity contribution in [1.29, 1.82) is 0 Å². The van der Waals surface area contributed by atoms with Gasteiger partial charge in [0.1, 0.15) is 12.1 Å². The van der Waals surface area contributed by atoms with Crippen LogP contribution in [0.1, 0.15) is 31.5 Å². The van der Waals surface area contributed by atoms with E-state index in [1.54, 1.807) is 0 Å². The highest BCUT2D eigenvalue weighted by molar-refractivity contribution is 5.80. The number of ether oxygens (including phenoxy) is 1. The normalized spacial score (nSPS) is 10.1. The van der Waals surface area contributed by atoms with Gasteiger partial charge < -0.3 is 4.74 Å². The van der Waals surface area contributed by atoms with Crippen LogP contribution >= 0.6 is 0 Å². The van der Waals surface area contributed by atoms with Crippen molar-refractivity contribution in [2.75, 3.05) is 6.61 Å². The lowest BCUT2D eigenvalue weighted by Gasteiger charge is -2.08. The summed E-state index contributed by atoms with van der Waals surface area (Å²) in [5.74, 6) is 0.755. The first-order valence-electron chi connectivity index (χ1n) is 5.14. The maximum Gasteiger partial charge on any atom is 0.219 e. The summed E-state index contributed by atoms with van der Waals surface area (Å²) >= 11 is 0.